The van der Waals surface area contributed by atoms with Crippen molar-refractivity contribution in [3.8, 4) is 6.07 Å². The number of carboxylic acid groups (broad SMARTS) is 1. The van der Waals surface area contributed by atoms with Crippen molar-refractivity contribution >= 4 is 11.8 Å². The summed E-state index contributed by atoms with van der Waals surface area (Å²) < 4.78 is 0. The fourth-order valence-corrected chi connectivity index (χ4v) is 2.60. The summed E-state index contributed by atoms with van der Waals surface area (Å²) in [5.41, 5.74) is 0.620. The topological polar surface area (TPSA) is 86.0 Å². The number of hydrogen-bond donors (Lipinski definition) is 2. The molecule has 0 saturated heterocycles. The molecule has 5 heteroatoms. The normalized spacial score (nSPS) is 16.8. The molecule has 0 aromatic carbocycles. The molecule has 1 heterocycles. The van der Waals surface area contributed by atoms with Crippen LogP contribution in [0.25, 0.3) is 0 Å². The molecule has 100 valence electrons. The lowest BCUT2D eigenvalue weighted by molar-refractivity contribution is -0.147. The molecular formula is C14H17N3O2. The summed E-state index contributed by atoms with van der Waals surface area (Å²) in [6.45, 7) is 2.17. The van der Waals surface area contributed by atoms with Crippen molar-refractivity contribution in [3.63, 3.8) is 0 Å². The Morgan fingerprint density at radius 3 is 2.84 bits per heavy atom. The number of hydrogen-bond acceptors (Lipinski definition) is 4. The van der Waals surface area contributed by atoms with E-state index in [0.717, 1.165) is 18.4 Å². The van der Waals surface area contributed by atoms with E-state index in [0.29, 0.717) is 30.8 Å². The summed E-state index contributed by atoms with van der Waals surface area (Å²) in [7, 11) is 0. The minimum Gasteiger partial charge on any atom is -0.481 e. The lowest BCUT2D eigenvalue weighted by Gasteiger charge is -2.24. The molecule has 0 atom stereocenters. The molecule has 2 N–H and O–H groups in total. The van der Waals surface area contributed by atoms with Gasteiger partial charge in [0.25, 0.3) is 0 Å². The Morgan fingerprint density at radius 2 is 2.26 bits per heavy atom. The summed E-state index contributed by atoms with van der Waals surface area (Å²) in [5, 5.41) is 21.6. The SMILES string of the molecule is Cc1ccnc(NCC2(C(=O)O)CCCC2)c1C#N. The van der Waals surface area contributed by atoms with Crippen LogP contribution in [0.2, 0.25) is 0 Å². The number of pyridine rings is 1. The molecule has 1 aliphatic carbocycles. The number of rotatable bonds is 4. The molecule has 2 rings (SSSR count). The van der Waals surface area contributed by atoms with Crippen LogP contribution in [0.1, 0.15) is 36.8 Å². The Balaban J connectivity index is 2.17. The zero-order valence-corrected chi connectivity index (χ0v) is 10.9. The number of nitriles is 1. The summed E-state index contributed by atoms with van der Waals surface area (Å²) in [6.07, 6.45) is 4.88. The number of aliphatic carboxylic acids is 1. The maximum absolute atomic E-state index is 11.4. The smallest absolute Gasteiger partial charge is 0.311 e. The van der Waals surface area contributed by atoms with Crippen molar-refractivity contribution in [2.75, 3.05) is 11.9 Å². The first kappa shape index (κ1) is 13.3. The van der Waals surface area contributed by atoms with Gasteiger partial charge in [-0.2, -0.15) is 5.26 Å². The van der Waals surface area contributed by atoms with Crippen LogP contribution < -0.4 is 5.32 Å². The molecule has 0 spiro atoms. The monoisotopic (exact) mass is 259 g/mol. The van der Waals surface area contributed by atoms with Gasteiger partial charge in [-0.15, -0.1) is 0 Å². The lowest BCUT2D eigenvalue weighted by Crippen LogP contribution is -2.35. The van der Waals surface area contributed by atoms with E-state index in [1.807, 2.05) is 6.92 Å². The highest BCUT2D eigenvalue weighted by molar-refractivity contribution is 5.76. The van der Waals surface area contributed by atoms with E-state index >= 15 is 0 Å². The van der Waals surface area contributed by atoms with E-state index in [2.05, 4.69) is 16.4 Å². The molecule has 0 bridgehead atoms. The molecule has 1 aromatic rings. The van der Waals surface area contributed by atoms with E-state index < -0.39 is 11.4 Å². The van der Waals surface area contributed by atoms with Gasteiger partial charge in [-0.3, -0.25) is 4.79 Å². The molecule has 0 aliphatic heterocycles. The molecule has 19 heavy (non-hydrogen) atoms. The molecule has 0 amide bonds. The largest absolute Gasteiger partial charge is 0.481 e. The van der Waals surface area contributed by atoms with E-state index in [4.69, 9.17) is 5.26 Å². The first-order chi connectivity index (χ1) is 9.09. The van der Waals surface area contributed by atoms with Gasteiger partial charge >= 0.3 is 5.97 Å². The van der Waals surface area contributed by atoms with Crippen molar-refractivity contribution in [2.45, 2.75) is 32.6 Å². The summed E-state index contributed by atoms with van der Waals surface area (Å²) in [5.74, 6) is -0.279. The molecule has 1 aromatic heterocycles. The molecule has 5 nitrogen and oxygen atoms in total. The Morgan fingerprint density at radius 1 is 1.58 bits per heavy atom. The Labute approximate surface area is 112 Å². The van der Waals surface area contributed by atoms with Crippen LogP contribution in [0.4, 0.5) is 5.82 Å². The number of aryl methyl sites for hydroxylation is 1. The molecule has 1 fully saturated rings. The van der Waals surface area contributed by atoms with Crippen LogP contribution >= 0.6 is 0 Å². The number of carbonyl (C=O) groups is 1. The maximum Gasteiger partial charge on any atom is 0.311 e. The van der Waals surface area contributed by atoms with Gasteiger partial charge in [-0.1, -0.05) is 12.8 Å². The number of carboxylic acids is 1. The number of nitrogens with zero attached hydrogens (tertiary/aromatic N) is 2. The van der Waals surface area contributed by atoms with Gasteiger partial charge in [0.2, 0.25) is 0 Å². The number of aromatic nitrogens is 1. The number of nitrogens with one attached hydrogen (secondary N) is 1. The third kappa shape index (κ3) is 2.53. The summed E-state index contributed by atoms with van der Waals surface area (Å²) in [4.78, 5) is 15.6. The van der Waals surface area contributed by atoms with Crippen LogP contribution in [-0.4, -0.2) is 22.6 Å². The Kier molecular flexibility index (Phi) is 3.70. The second kappa shape index (κ2) is 5.27. The average Bonchev–Trinajstić information content (AvgIpc) is 2.86. The Hall–Kier alpha value is -2.09. The number of anilines is 1. The average molecular weight is 259 g/mol. The van der Waals surface area contributed by atoms with Crippen molar-refractivity contribution in [1.82, 2.24) is 4.98 Å². The van der Waals surface area contributed by atoms with E-state index in [9.17, 15) is 9.90 Å². The summed E-state index contributed by atoms with van der Waals surface area (Å²) >= 11 is 0. The highest BCUT2D eigenvalue weighted by atomic mass is 16.4. The second-order valence-corrected chi connectivity index (χ2v) is 5.11. The van der Waals surface area contributed by atoms with Crippen LogP contribution in [-0.2, 0) is 4.79 Å². The van der Waals surface area contributed by atoms with Crippen molar-refractivity contribution in [3.05, 3.63) is 23.4 Å². The van der Waals surface area contributed by atoms with Crippen LogP contribution in [0.3, 0.4) is 0 Å². The van der Waals surface area contributed by atoms with Gasteiger partial charge in [0.1, 0.15) is 11.9 Å². The fourth-order valence-electron chi connectivity index (χ4n) is 2.60. The van der Waals surface area contributed by atoms with Crippen molar-refractivity contribution in [2.24, 2.45) is 5.41 Å². The molecule has 0 radical (unpaired) electrons. The van der Waals surface area contributed by atoms with Gasteiger partial charge in [-0.25, -0.2) is 4.98 Å². The fraction of sp³-hybridized carbons (Fsp3) is 0.500. The van der Waals surface area contributed by atoms with E-state index in [1.165, 1.54) is 0 Å². The first-order valence-electron chi connectivity index (χ1n) is 6.42. The van der Waals surface area contributed by atoms with Gasteiger partial charge in [0.05, 0.1) is 11.0 Å². The van der Waals surface area contributed by atoms with Gasteiger partial charge in [-0.05, 0) is 31.4 Å². The molecule has 1 aliphatic rings. The van der Waals surface area contributed by atoms with Crippen molar-refractivity contribution in [1.29, 1.82) is 5.26 Å². The third-order valence-electron chi connectivity index (χ3n) is 3.88. The maximum atomic E-state index is 11.4. The zero-order chi connectivity index (χ0) is 13.9. The quantitative estimate of drug-likeness (QED) is 0.866. The molecule has 0 unspecified atom stereocenters. The van der Waals surface area contributed by atoms with Crippen LogP contribution in [0.5, 0.6) is 0 Å². The van der Waals surface area contributed by atoms with Gasteiger partial charge in [0.15, 0.2) is 0 Å². The van der Waals surface area contributed by atoms with Gasteiger partial charge in [0, 0.05) is 12.7 Å². The highest BCUT2D eigenvalue weighted by Crippen LogP contribution is 2.38. The molecular weight excluding hydrogens is 242 g/mol. The molecule has 1 saturated carbocycles. The Bertz CT molecular complexity index is 528. The first-order valence-corrected chi connectivity index (χ1v) is 6.42. The minimum absolute atomic E-state index is 0.327. The standard InChI is InChI=1S/C14H17N3O2/c1-10-4-7-16-12(11(10)8-15)17-9-14(13(18)19)5-2-3-6-14/h4,7H,2-3,5-6,9H2,1H3,(H,16,17)(H,18,19). The second-order valence-electron chi connectivity index (χ2n) is 5.11. The third-order valence-corrected chi connectivity index (χ3v) is 3.88. The van der Waals surface area contributed by atoms with Crippen molar-refractivity contribution < 1.29 is 9.90 Å². The highest BCUT2D eigenvalue weighted by Gasteiger charge is 2.41. The predicted molar refractivity (Wildman–Crippen MR) is 70.7 cm³/mol. The van der Waals surface area contributed by atoms with E-state index in [-0.39, 0.29) is 0 Å². The lowest BCUT2D eigenvalue weighted by atomic mass is 9.86. The van der Waals surface area contributed by atoms with Crippen LogP contribution in [0, 0.1) is 23.7 Å². The predicted octanol–water partition coefficient (Wildman–Crippen LogP) is 2.32. The van der Waals surface area contributed by atoms with E-state index in [1.54, 1.807) is 12.3 Å². The summed E-state index contributed by atoms with van der Waals surface area (Å²) in [6, 6.07) is 3.88. The van der Waals surface area contributed by atoms with Crippen LogP contribution in [0.15, 0.2) is 12.3 Å². The van der Waals surface area contributed by atoms with Gasteiger partial charge < -0.3 is 10.4 Å². The minimum atomic E-state index is -0.760. The zero-order valence-electron chi connectivity index (χ0n) is 10.9.